The second-order valence-corrected chi connectivity index (χ2v) is 7.37. The van der Waals surface area contributed by atoms with Gasteiger partial charge >= 0.3 is 5.97 Å². The number of rotatable bonds is 8. The van der Waals surface area contributed by atoms with Crippen molar-refractivity contribution in [2.75, 3.05) is 13.7 Å². The largest absolute Gasteiger partial charge is 0.497 e. The average Bonchev–Trinajstić information content (AvgIpc) is 2.81. The average molecular weight is 497 g/mol. The second kappa shape index (κ2) is 11.1. The van der Waals surface area contributed by atoms with Gasteiger partial charge in [-0.2, -0.15) is 5.10 Å². The third-order valence-corrected chi connectivity index (χ3v) is 4.79. The minimum absolute atomic E-state index is 0.300. The highest BCUT2D eigenvalue weighted by Crippen LogP contribution is 2.23. The number of carbonyl (C=O) groups is 2. The number of methoxy groups -OCH3 is 1. The summed E-state index contributed by atoms with van der Waals surface area (Å²) in [5.74, 6) is 0.722. The molecule has 0 spiro atoms. The van der Waals surface area contributed by atoms with Crippen LogP contribution in [0, 0.1) is 0 Å². The summed E-state index contributed by atoms with van der Waals surface area (Å²) < 4.78 is 16.8. The lowest BCUT2D eigenvalue weighted by Crippen LogP contribution is -2.17. The molecule has 0 heterocycles. The Morgan fingerprint density at radius 2 is 1.62 bits per heavy atom. The number of carbonyl (C=O) groups excluding carboxylic acids is 2. The standard InChI is InChI=1S/C24H21BrN2O5/c1-3-31-21-11-6-17(7-12-21)24(29)32-22-13-8-19(25)14-18(22)15-26-27-23(28)16-4-9-20(30-2)10-5-16/h4-15H,3H2,1-2H3,(H,27,28)/b26-15+. The van der Waals surface area contributed by atoms with Crippen molar-refractivity contribution in [2.24, 2.45) is 5.10 Å². The molecule has 0 radical (unpaired) electrons. The first-order valence-corrected chi connectivity index (χ1v) is 10.5. The summed E-state index contributed by atoms with van der Waals surface area (Å²) >= 11 is 3.39. The summed E-state index contributed by atoms with van der Waals surface area (Å²) in [6.07, 6.45) is 1.41. The minimum Gasteiger partial charge on any atom is -0.497 e. The Labute approximate surface area is 194 Å². The molecule has 164 valence electrons. The molecule has 0 unspecified atom stereocenters. The van der Waals surface area contributed by atoms with Crippen molar-refractivity contribution < 1.29 is 23.8 Å². The molecule has 1 N–H and O–H groups in total. The Morgan fingerprint density at radius 3 is 2.28 bits per heavy atom. The van der Waals surface area contributed by atoms with Gasteiger partial charge in [-0.25, -0.2) is 10.2 Å². The first-order chi connectivity index (χ1) is 15.5. The summed E-state index contributed by atoms with van der Waals surface area (Å²) in [5.41, 5.74) is 3.77. The van der Waals surface area contributed by atoms with Crippen LogP contribution in [0.4, 0.5) is 0 Å². The molecule has 0 saturated heterocycles. The van der Waals surface area contributed by atoms with Gasteiger partial charge < -0.3 is 14.2 Å². The zero-order valence-electron chi connectivity index (χ0n) is 17.5. The van der Waals surface area contributed by atoms with Gasteiger partial charge in [0.25, 0.3) is 5.91 Å². The first kappa shape index (κ1) is 23.0. The van der Waals surface area contributed by atoms with Crippen LogP contribution in [0.3, 0.4) is 0 Å². The van der Waals surface area contributed by atoms with E-state index in [0.717, 1.165) is 4.47 Å². The molecule has 1 amide bonds. The van der Waals surface area contributed by atoms with E-state index in [2.05, 4.69) is 26.5 Å². The Morgan fingerprint density at radius 1 is 0.969 bits per heavy atom. The zero-order chi connectivity index (χ0) is 22.9. The molecule has 3 aromatic rings. The van der Waals surface area contributed by atoms with Crippen LogP contribution in [0.5, 0.6) is 17.2 Å². The van der Waals surface area contributed by atoms with Crippen molar-refractivity contribution in [3.8, 4) is 17.2 Å². The molecule has 0 aliphatic carbocycles. The second-order valence-electron chi connectivity index (χ2n) is 6.46. The molecular weight excluding hydrogens is 476 g/mol. The van der Waals surface area contributed by atoms with E-state index in [0.29, 0.717) is 40.5 Å². The topological polar surface area (TPSA) is 86.2 Å². The number of nitrogens with zero attached hydrogens (tertiary/aromatic N) is 1. The SMILES string of the molecule is CCOc1ccc(C(=O)Oc2ccc(Br)cc2/C=N/NC(=O)c2ccc(OC)cc2)cc1. The van der Waals surface area contributed by atoms with Crippen molar-refractivity contribution in [1.82, 2.24) is 5.43 Å². The molecule has 8 heteroatoms. The van der Waals surface area contributed by atoms with Gasteiger partial charge in [-0.05, 0) is 73.7 Å². The molecule has 0 bridgehead atoms. The molecule has 3 rings (SSSR count). The molecule has 0 saturated carbocycles. The number of benzene rings is 3. The van der Waals surface area contributed by atoms with Gasteiger partial charge in [-0.1, -0.05) is 15.9 Å². The fourth-order valence-corrected chi connectivity index (χ4v) is 3.07. The summed E-state index contributed by atoms with van der Waals surface area (Å²) in [6, 6.07) is 18.4. The predicted molar refractivity (Wildman–Crippen MR) is 125 cm³/mol. The number of ether oxygens (including phenoxy) is 3. The molecule has 32 heavy (non-hydrogen) atoms. The molecule has 0 fully saturated rings. The lowest BCUT2D eigenvalue weighted by Gasteiger charge is -2.09. The number of hydrogen-bond donors (Lipinski definition) is 1. The van der Waals surface area contributed by atoms with Gasteiger partial charge in [0.1, 0.15) is 17.2 Å². The fourth-order valence-electron chi connectivity index (χ4n) is 2.69. The van der Waals surface area contributed by atoms with Crippen molar-refractivity contribution in [3.05, 3.63) is 87.9 Å². The maximum absolute atomic E-state index is 12.5. The van der Waals surface area contributed by atoms with Gasteiger partial charge in [0, 0.05) is 15.6 Å². The Balaban J connectivity index is 1.69. The molecular formula is C24H21BrN2O5. The molecule has 0 aliphatic rings. The van der Waals surface area contributed by atoms with E-state index in [9.17, 15) is 9.59 Å². The molecule has 7 nitrogen and oxygen atoms in total. The highest BCUT2D eigenvalue weighted by Gasteiger charge is 2.12. The fraction of sp³-hybridized carbons (Fsp3) is 0.125. The van der Waals surface area contributed by atoms with Gasteiger partial charge in [-0.3, -0.25) is 4.79 Å². The third kappa shape index (κ3) is 6.18. The van der Waals surface area contributed by atoms with Gasteiger partial charge in [0.2, 0.25) is 0 Å². The first-order valence-electron chi connectivity index (χ1n) is 9.72. The monoisotopic (exact) mass is 496 g/mol. The van der Waals surface area contributed by atoms with Crippen molar-refractivity contribution in [3.63, 3.8) is 0 Å². The Bertz CT molecular complexity index is 1110. The van der Waals surface area contributed by atoms with E-state index in [1.165, 1.54) is 6.21 Å². The lowest BCUT2D eigenvalue weighted by molar-refractivity contribution is 0.0734. The minimum atomic E-state index is -0.521. The van der Waals surface area contributed by atoms with Crippen LogP contribution < -0.4 is 19.6 Å². The van der Waals surface area contributed by atoms with Crippen LogP contribution in [0.15, 0.2) is 76.3 Å². The number of hydrogen-bond acceptors (Lipinski definition) is 6. The molecule has 0 aromatic heterocycles. The van der Waals surface area contributed by atoms with Crippen LogP contribution in [0.1, 0.15) is 33.2 Å². The van der Waals surface area contributed by atoms with Crippen LogP contribution in [-0.2, 0) is 0 Å². The number of esters is 1. The summed E-state index contributed by atoms with van der Waals surface area (Å²) in [4.78, 5) is 24.8. The van der Waals surface area contributed by atoms with Crippen molar-refractivity contribution in [1.29, 1.82) is 0 Å². The maximum Gasteiger partial charge on any atom is 0.343 e. The number of hydrazone groups is 1. The Hall–Kier alpha value is -3.65. The van der Waals surface area contributed by atoms with Gasteiger partial charge in [0.15, 0.2) is 0 Å². The van der Waals surface area contributed by atoms with E-state index in [1.54, 1.807) is 73.8 Å². The number of nitrogens with one attached hydrogen (secondary N) is 1. The van der Waals surface area contributed by atoms with Crippen LogP contribution >= 0.6 is 15.9 Å². The van der Waals surface area contributed by atoms with Crippen molar-refractivity contribution in [2.45, 2.75) is 6.92 Å². The normalized spacial score (nSPS) is 10.6. The zero-order valence-corrected chi connectivity index (χ0v) is 19.1. The maximum atomic E-state index is 12.5. The van der Waals surface area contributed by atoms with E-state index < -0.39 is 5.97 Å². The van der Waals surface area contributed by atoms with Gasteiger partial charge in [-0.15, -0.1) is 0 Å². The Kier molecular flexibility index (Phi) is 7.99. The van der Waals surface area contributed by atoms with Crippen LogP contribution in [0.25, 0.3) is 0 Å². The van der Waals surface area contributed by atoms with Crippen LogP contribution in [-0.4, -0.2) is 31.8 Å². The van der Waals surface area contributed by atoms with Gasteiger partial charge in [0.05, 0.1) is 25.5 Å². The smallest absolute Gasteiger partial charge is 0.343 e. The molecule has 0 atom stereocenters. The predicted octanol–water partition coefficient (Wildman–Crippen LogP) is 4.84. The lowest BCUT2D eigenvalue weighted by atomic mass is 10.2. The van der Waals surface area contributed by atoms with Crippen molar-refractivity contribution >= 4 is 34.0 Å². The van der Waals surface area contributed by atoms with E-state index in [1.807, 2.05) is 6.92 Å². The summed E-state index contributed by atoms with van der Waals surface area (Å²) in [5, 5.41) is 3.99. The van der Waals surface area contributed by atoms with E-state index >= 15 is 0 Å². The van der Waals surface area contributed by atoms with E-state index in [-0.39, 0.29) is 5.91 Å². The highest BCUT2D eigenvalue weighted by molar-refractivity contribution is 9.10. The molecule has 0 aliphatic heterocycles. The number of amides is 1. The number of halogens is 1. The van der Waals surface area contributed by atoms with Crippen LogP contribution in [0.2, 0.25) is 0 Å². The summed E-state index contributed by atoms with van der Waals surface area (Å²) in [7, 11) is 1.55. The molecule has 3 aromatic carbocycles. The van der Waals surface area contributed by atoms with E-state index in [4.69, 9.17) is 14.2 Å². The quantitative estimate of drug-likeness (QED) is 0.208. The third-order valence-electron chi connectivity index (χ3n) is 4.30. The highest BCUT2D eigenvalue weighted by atomic mass is 79.9. The summed E-state index contributed by atoms with van der Waals surface area (Å²) in [6.45, 7) is 2.43.